The standard InChI is InChI=1S/C15H23N5S/c1-11(2)16-8-9-20-15(17-18-19-20)21-10-14-12(3)6-5-7-13(14)4/h5-7,11,16H,8-10H2,1-4H3. The Balaban J connectivity index is 1.96. The van der Waals surface area contributed by atoms with Gasteiger partial charge in [0.25, 0.3) is 0 Å². The highest BCUT2D eigenvalue weighted by Crippen LogP contribution is 2.24. The third-order valence-electron chi connectivity index (χ3n) is 3.37. The monoisotopic (exact) mass is 305 g/mol. The van der Waals surface area contributed by atoms with E-state index in [0.717, 1.165) is 24.0 Å². The van der Waals surface area contributed by atoms with E-state index >= 15 is 0 Å². The average Bonchev–Trinajstić information content (AvgIpc) is 2.85. The van der Waals surface area contributed by atoms with Crippen LogP contribution in [-0.4, -0.2) is 32.8 Å². The Morgan fingerprint density at radius 1 is 1.24 bits per heavy atom. The van der Waals surface area contributed by atoms with Gasteiger partial charge in [0, 0.05) is 18.3 Å². The Morgan fingerprint density at radius 2 is 1.95 bits per heavy atom. The molecule has 2 rings (SSSR count). The van der Waals surface area contributed by atoms with Gasteiger partial charge in [-0.05, 0) is 41.0 Å². The fourth-order valence-electron chi connectivity index (χ4n) is 2.11. The summed E-state index contributed by atoms with van der Waals surface area (Å²) in [7, 11) is 0. The lowest BCUT2D eigenvalue weighted by Gasteiger charge is -2.10. The summed E-state index contributed by atoms with van der Waals surface area (Å²) in [4.78, 5) is 0. The number of aryl methyl sites for hydroxylation is 2. The molecule has 0 saturated heterocycles. The lowest BCUT2D eigenvalue weighted by Crippen LogP contribution is -2.27. The molecule has 21 heavy (non-hydrogen) atoms. The van der Waals surface area contributed by atoms with Crippen LogP contribution in [0.2, 0.25) is 0 Å². The van der Waals surface area contributed by atoms with Gasteiger partial charge in [0.15, 0.2) is 0 Å². The Morgan fingerprint density at radius 3 is 2.62 bits per heavy atom. The maximum Gasteiger partial charge on any atom is 0.209 e. The van der Waals surface area contributed by atoms with E-state index in [0.29, 0.717) is 6.04 Å². The molecule has 114 valence electrons. The summed E-state index contributed by atoms with van der Waals surface area (Å²) in [5, 5.41) is 16.2. The number of hydrogen-bond donors (Lipinski definition) is 1. The number of aromatic nitrogens is 4. The number of rotatable bonds is 7. The van der Waals surface area contributed by atoms with E-state index in [9.17, 15) is 0 Å². The van der Waals surface area contributed by atoms with Crippen molar-refractivity contribution in [3.63, 3.8) is 0 Å². The third kappa shape index (κ3) is 4.54. The van der Waals surface area contributed by atoms with Crippen molar-refractivity contribution in [2.75, 3.05) is 6.54 Å². The largest absolute Gasteiger partial charge is 0.313 e. The lowest BCUT2D eigenvalue weighted by molar-refractivity contribution is 0.485. The van der Waals surface area contributed by atoms with Gasteiger partial charge in [-0.3, -0.25) is 0 Å². The molecule has 0 fully saturated rings. The van der Waals surface area contributed by atoms with Crippen LogP contribution in [0.3, 0.4) is 0 Å². The second-order valence-corrected chi connectivity index (χ2v) is 6.39. The van der Waals surface area contributed by atoms with Gasteiger partial charge in [-0.2, -0.15) is 0 Å². The molecule has 1 heterocycles. The van der Waals surface area contributed by atoms with E-state index < -0.39 is 0 Å². The molecule has 0 aliphatic heterocycles. The van der Waals surface area contributed by atoms with Crippen molar-refractivity contribution in [1.82, 2.24) is 25.5 Å². The molecule has 0 saturated carbocycles. The van der Waals surface area contributed by atoms with Crippen LogP contribution in [0.1, 0.15) is 30.5 Å². The first kappa shape index (κ1) is 16.0. The zero-order chi connectivity index (χ0) is 15.2. The van der Waals surface area contributed by atoms with E-state index in [1.165, 1.54) is 16.7 Å². The van der Waals surface area contributed by atoms with Crippen molar-refractivity contribution >= 4 is 11.8 Å². The number of nitrogens with one attached hydrogen (secondary N) is 1. The second-order valence-electron chi connectivity index (χ2n) is 5.45. The quantitative estimate of drug-likeness (QED) is 0.797. The molecule has 0 bridgehead atoms. The summed E-state index contributed by atoms with van der Waals surface area (Å²) in [6.45, 7) is 10.2. The first-order valence-electron chi connectivity index (χ1n) is 7.25. The van der Waals surface area contributed by atoms with Crippen molar-refractivity contribution in [2.24, 2.45) is 0 Å². The van der Waals surface area contributed by atoms with E-state index in [-0.39, 0.29) is 0 Å². The van der Waals surface area contributed by atoms with Crippen LogP contribution < -0.4 is 5.32 Å². The average molecular weight is 305 g/mol. The Hall–Kier alpha value is -1.40. The zero-order valence-corrected chi connectivity index (χ0v) is 13.9. The van der Waals surface area contributed by atoms with E-state index in [1.807, 2.05) is 4.68 Å². The van der Waals surface area contributed by atoms with Crippen molar-refractivity contribution in [1.29, 1.82) is 0 Å². The predicted molar refractivity (Wildman–Crippen MR) is 86.4 cm³/mol. The summed E-state index contributed by atoms with van der Waals surface area (Å²) in [6, 6.07) is 6.88. The molecule has 6 heteroatoms. The van der Waals surface area contributed by atoms with Gasteiger partial charge in [0.05, 0.1) is 6.54 Å². The second kappa shape index (κ2) is 7.56. The molecule has 5 nitrogen and oxygen atoms in total. The van der Waals surface area contributed by atoms with E-state index in [1.54, 1.807) is 11.8 Å². The van der Waals surface area contributed by atoms with Gasteiger partial charge >= 0.3 is 0 Å². The highest BCUT2D eigenvalue weighted by molar-refractivity contribution is 7.98. The number of benzene rings is 1. The highest BCUT2D eigenvalue weighted by atomic mass is 32.2. The van der Waals surface area contributed by atoms with Gasteiger partial charge in [0.2, 0.25) is 5.16 Å². The van der Waals surface area contributed by atoms with E-state index in [2.05, 4.69) is 66.7 Å². The fraction of sp³-hybridized carbons (Fsp3) is 0.533. The SMILES string of the molecule is Cc1cccc(C)c1CSc1nnnn1CCNC(C)C. The van der Waals surface area contributed by atoms with E-state index in [4.69, 9.17) is 0 Å². The molecule has 0 aliphatic carbocycles. The minimum Gasteiger partial charge on any atom is -0.313 e. The van der Waals surface area contributed by atoms with Gasteiger partial charge < -0.3 is 5.32 Å². The summed E-state index contributed by atoms with van der Waals surface area (Å²) < 4.78 is 1.87. The molecule has 2 aromatic rings. The van der Waals surface area contributed by atoms with Crippen LogP contribution in [0.15, 0.2) is 23.4 Å². The molecule has 0 unspecified atom stereocenters. The first-order valence-corrected chi connectivity index (χ1v) is 8.24. The van der Waals surface area contributed by atoms with Gasteiger partial charge in [-0.1, -0.05) is 43.8 Å². The number of nitrogens with zero attached hydrogens (tertiary/aromatic N) is 4. The maximum absolute atomic E-state index is 4.13. The Labute approximate surface area is 130 Å². The lowest BCUT2D eigenvalue weighted by atomic mass is 10.1. The molecule has 0 aliphatic rings. The van der Waals surface area contributed by atoms with Gasteiger partial charge in [-0.15, -0.1) is 5.10 Å². The van der Waals surface area contributed by atoms with Crippen LogP contribution in [0.25, 0.3) is 0 Å². The summed E-state index contributed by atoms with van der Waals surface area (Å²) >= 11 is 1.69. The Bertz CT molecular complexity index is 559. The summed E-state index contributed by atoms with van der Waals surface area (Å²) in [6.07, 6.45) is 0. The number of hydrogen-bond acceptors (Lipinski definition) is 5. The molecule has 1 aromatic carbocycles. The molecular weight excluding hydrogens is 282 g/mol. The topological polar surface area (TPSA) is 55.6 Å². The van der Waals surface area contributed by atoms with Crippen LogP contribution in [-0.2, 0) is 12.3 Å². The fourth-order valence-corrected chi connectivity index (χ4v) is 3.21. The van der Waals surface area contributed by atoms with Crippen molar-refractivity contribution in [2.45, 2.75) is 51.2 Å². The van der Waals surface area contributed by atoms with Crippen LogP contribution in [0, 0.1) is 13.8 Å². The molecule has 0 spiro atoms. The maximum atomic E-state index is 4.13. The van der Waals surface area contributed by atoms with Crippen LogP contribution in [0.5, 0.6) is 0 Å². The van der Waals surface area contributed by atoms with Crippen LogP contribution in [0.4, 0.5) is 0 Å². The highest BCUT2D eigenvalue weighted by Gasteiger charge is 2.09. The Kier molecular flexibility index (Phi) is 5.76. The molecule has 1 N–H and O–H groups in total. The van der Waals surface area contributed by atoms with Gasteiger partial charge in [-0.25, -0.2) is 4.68 Å². The van der Waals surface area contributed by atoms with Crippen molar-refractivity contribution in [3.05, 3.63) is 34.9 Å². The number of tetrazole rings is 1. The van der Waals surface area contributed by atoms with Gasteiger partial charge in [0.1, 0.15) is 0 Å². The predicted octanol–water partition coefficient (Wildman–Crippen LogP) is 2.58. The molecular formula is C15H23N5S. The van der Waals surface area contributed by atoms with Crippen molar-refractivity contribution < 1.29 is 0 Å². The minimum atomic E-state index is 0.479. The number of thioether (sulfide) groups is 1. The van der Waals surface area contributed by atoms with Crippen LogP contribution >= 0.6 is 11.8 Å². The molecule has 1 aromatic heterocycles. The van der Waals surface area contributed by atoms with Crippen molar-refractivity contribution in [3.8, 4) is 0 Å². The summed E-state index contributed by atoms with van der Waals surface area (Å²) in [5.74, 6) is 0.899. The summed E-state index contributed by atoms with van der Waals surface area (Å²) in [5.41, 5.74) is 4.02. The third-order valence-corrected chi connectivity index (χ3v) is 4.35. The zero-order valence-electron chi connectivity index (χ0n) is 13.1. The first-order chi connectivity index (χ1) is 10.1. The molecule has 0 amide bonds. The normalized spacial score (nSPS) is 11.3. The minimum absolute atomic E-state index is 0.479. The molecule has 0 radical (unpaired) electrons. The molecule has 0 atom stereocenters. The smallest absolute Gasteiger partial charge is 0.209 e.